The standard InChI is InChI=1S/C21H20F3N5O2/c1-28-16-4-2-3-15(14(16)5-6-18(28)30)26-19(31)13-8-11-29(12-9-13)20-25-10-7-17(27-20)21(22,23)24/h2-7,10,13H,8-9,11-12H2,1H3,(H,26,31). The molecular weight excluding hydrogens is 411 g/mol. The third kappa shape index (κ3) is 4.23. The van der Waals surface area contributed by atoms with Crippen molar-refractivity contribution in [2.75, 3.05) is 23.3 Å². The van der Waals surface area contributed by atoms with Gasteiger partial charge in [-0.2, -0.15) is 13.2 Å². The number of hydrogen-bond donors (Lipinski definition) is 1. The van der Waals surface area contributed by atoms with Crippen molar-refractivity contribution in [2.24, 2.45) is 13.0 Å². The van der Waals surface area contributed by atoms with Crippen molar-refractivity contribution >= 4 is 28.4 Å². The van der Waals surface area contributed by atoms with Crippen LogP contribution in [0.4, 0.5) is 24.8 Å². The van der Waals surface area contributed by atoms with Crippen molar-refractivity contribution in [3.63, 3.8) is 0 Å². The van der Waals surface area contributed by atoms with E-state index < -0.39 is 11.9 Å². The highest BCUT2D eigenvalue weighted by Gasteiger charge is 2.34. The Kier molecular flexibility index (Phi) is 5.38. The first-order valence-electron chi connectivity index (χ1n) is 9.79. The third-order valence-corrected chi connectivity index (χ3v) is 5.51. The quantitative estimate of drug-likeness (QED) is 0.689. The van der Waals surface area contributed by atoms with E-state index in [0.29, 0.717) is 37.1 Å². The van der Waals surface area contributed by atoms with Crippen LogP contribution in [0, 0.1) is 5.92 Å². The van der Waals surface area contributed by atoms with Crippen LogP contribution in [0.2, 0.25) is 0 Å². The minimum absolute atomic E-state index is 0.0173. The lowest BCUT2D eigenvalue weighted by Gasteiger charge is -2.31. The van der Waals surface area contributed by atoms with E-state index in [1.807, 2.05) is 0 Å². The first kappa shape index (κ1) is 20.8. The summed E-state index contributed by atoms with van der Waals surface area (Å²) in [5, 5.41) is 3.69. The first-order chi connectivity index (χ1) is 14.7. The minimum atomic E-state index is -4.53. The van der Waals surface area contributed by atoms with Crippen LogP contribution >= 0.6 is 0 Å². The molecule has 1 saturated heterocycles. The van der Waals surface area contributed by atoms with Gasteiger partial charge in [0.05, 0.1) is 11.2 Å². The minimum Gasteiger partial charge on any atom is -0.341 e. The number of anilines is 2. The van der Waals surface area contributed by atoms with Gasteiger partial charge in [0.15, 0.2) is 0 Å². The van der Waals surface area contributed by atoms with E-state index in [4.69, 9.17) is 0 Å². The highest BCUT2D eigenvalue weighted by Crippen LogP contribution is 2.29. The maximum atomic E-state index is 12.9. The number of amides is 1. The van der Waals surface area contributed by atoms with Gasteiger partial charge in [-0.25, -0.2) is 9.97 Å². The molecule has 0 spiro atoms. The van der Waals surface area contributed by atoms with E-state index in [1.165, 1.54) is 10.6 Å². The summed E-state index contributed by atoms with van der Waals surface area (Å²) in [6, 6.07) is 9.32. The predicted octanol–water partition coefficient (Wildman–Crippen LogP) is 3.20. The zero-order valence-corrected chi connectivity index (χ0v) is 16.7. The summed E-state index contributed by atoms with van der Waals surface area (Å²) in [6.45, 7) is 0.757. The molecule has 1 amide bonds. The molecule has 3 heterocycles. The summed E-state index contributed by atoms with van der Waals surface area (Å²) in [4.78, 5) is 33.9. The molecule has 7 nitrogen and oxygen atoms in total. The number of nitrogens with one attached hydrogen (secondary N) is 1. The molecule has 10 heteroatoms. The topological polar surface area (TPSA) is 80.1 Å². The molecule has 1 N–H and O–H groups in total. The fraction of sp³-hybridized carbons (Fsp3) is 0.333. The zero-order valence-electron chi connectivity index (χ0n) is 16.7. The van der Waals surface area contributed by atoms with Crippen LogP contribution in [0.15, 0.2) is 47.4 Å². The number of fused-ring (bicyclic) bond motifs is 1. The molecule has 0 bridgehead atoms. The Hall–Kier alpha value is -3.43. The maximum absolute atomic E-state index is 12.9. The molecule has 162 valence electrons. The van der Waals surface area contributed by atoms with Gasteiger partial charge in [-0.15, -0.1) is 0 Å². The van der Waals surface area contributed by atoms with Gasteiger partial charge in [0, 0.05) is 43.7 Å². The van der Waals surface area contributed by atoms with Crippen LogP contribution in [0.1, 0.15) is 18.5 Å². The van der Waals surface area contributed by atoms with Gasteiger partial charge >= 0.3 is 6.18 Å². The van der Waals surface area contributed by atoms with Crippen LogP contribution in [0.3, 0.4) is 0 Å². The zero-order chi connectivity index (χ0) is 22.2. The number of alkyl halides is 3. The second-order valence-electron chi connectivity index (χ2n) is 7.46. The van der Waals surface area contributed by atoms with Crippen molar-refractivity contribution in [1.29, 1.82) is 0 Å². The Morgan fingerprint density at radius 1 is 1.13 bits per heavy atom. The van der Waals surface area contributed by atoms with Crippen molar-refractivity contribution in [3.8, 4) is 0 Å². The lowest BCUT2D eigenvalue weighted by Crippen LogP contribution is -2.39. The number of carbonyl (C=O) groups is 1. The molecule has 0 aliphatic carbocycles. The summed E-state index contributed by atoms with van der Waals surface area (Å²) >= 11 is 0. The normalized spacial score (nSPS) is 15.3. The van der Waals surface area contributed by atoms with Crippen molar-refractivity contribution in [1.82, 2.24) is 14.5 Å². The van der Waals surface area contributed by atoms with Crippen LogP contribution < -0.4 is 15.8 Å². The van der Waals surface area contributed by atoms with Crippen LogP contribution in [0.25, 0.3) is 10.9 Å². The molecule has 3 aromatic rings. The highest BCUT2D eigenvalue weighted by atomic mass is 19.4. The number of aryl methyl sites for hydroxylation is 1. The average Bonchev–Trinajstić information content (AvgIpc) is 2.76. The smallest absolute Gasteiger partial charge is 0.341 e. The first-order valence-corrected chi connectivity index (χ1v) is 9.79. The Bertz CT molecular complexity index is 1180. The number of aromatic nitrogens is 3. The van der Waals surface area contributed by atoms with Crippen molar-refractivity contribution < 1.29 is 18.0 Å². The molecule has 2 aromatic heterocycles. The molecule has 0 radical (unpaired) electrons. The SMILES string of the molecule is Cn1c(=O)ccc2c(NC(=O)C3CCN(c4nccc(C(F)(F)F)n4)CC3)cccc21. The fourth-order valence-corrected chi connectivity index (χ4v) is 3.75. The lowest BCUT2D eigenvalue weighted by molar-refractivity contribution is -0.141. The number of benzene rings is 1. The van der Waals surface area contributed by atoms with E-state index in [0.717, 1.165) is 17.6 Å². The Morgan fingerprint density at radius 3 is 2.58 bits per heavy atom. The van der Waals surface area contributed by atoms with Crippen molar-refractivity contribution in [2.45, 2.75) is 19.0 Å². The monoisotopic (exact) mass is 431 g/mol. The van der Waals surface area contributed by atoms with Crippen LogP contribution in [-0.2, 0) is 18.0 Å². The third-order valence-electron chi connectivity index (χ3n) is 5.51. The number of piperidine rings is 1. The van der Waals surface area contributed by atoms with Gasteiger partial charge in [0.25, 0.3) is 5.56 Å². The number of hydrogen-bond acceptors (Lipinski definition) is 5. The molecule has 0 unspecified atom stereocenters. The largest absolute Gasteiger partial charge is 0.433 e. The van der Waals surface area contributed by atoms with E-state index in [-0.39, 0.29) is 23.3 Å². The number of rotatable bonds is 3. The Labute approximate surface area is 175 Å². The van der Waals surface area contributed by atoms with E-state index in [2.05, 4.69) is 15.3 Å². The summed E-state index contributed by atoms with van der Waals surface area (Å²) in [7, 11) is 1.67. The van der Waals surface area contributed by atoms with E-state index in [1.54, 1.807) is 36.2 Å². The molecule has 31 heavy (non-hydrogen) atoms. The average molecular weight is 431 g/mol. The Morgan fingerprint density at radius 2 is 1.87 bits per heavy atom. The summed E-state index contributed by atoms with van der Waals surface area (Å²) in [5.41, 5.74) is 0.200. The van der Waals surface area contributed by atoms with Crippen molar-refractivity contribution in [3.05, 3.63) is 58.6 Å². The summed E-state index contributed by atoms with van der Waals surface area (Å²) < 4.78 is 40.2. The second kappa shape index (κ2) is 8.01. The van der Waals surface area contributed by atoms with Gasteiger partial charge in [0.1, 0.15) is 5.69 Å². The lowest BCUT2D eigenvalue weighted by atomic mass is 9.96. The van der Waals surface area contributed by atoms with Gasteiger partial charge in [-0.05, 0) is 37.1 Å². The van der Waals surface area contributed by atoms with Gasteiger partial charge in [0.2, 0.25) is 11.9 Å². The molecule has 4 rings (SSSR count). The predicted molar refractivity (Wildman–Crippen MR) is 110 cm³/mol. The molecular formula is C21H20F3N5O2. The van der Waals surface area contributed by atoms with Gasteiger partial charge in [-0.1, -0.05) is 6.07 Å². The molecule has 0 saturated carbocycles. The molecule has 1 aromatic carbocycles. The van der Waals surface area contributed by atoms with E-state index in [9.17, 15) is 22.8 Å². The molecule has 1 fully saturated rings. The van der Waals surface area contributed by atoms with E-state index >= 15 is 0 Å². The molecule has 1 aliphatic heterocycles. The maximum Gasteiger partial charge on any atom is 0.433 e. The molecule has 1 aliphatic rings. The summed E-state index contributed by atoms with van der Waals surface area (Å²) in [5.74, 6) is -0.431. The summed E-state index contributed by atoms with van der Waals surface area (Å²) in [6.07, 6.45) is -2.50. The number of pyridine rings is 1. The number of nitrogens with zero attached hydrogens (tertiary/aromatic N) is 4. The van der Waals surface area contributed by atoms with Crippen LogP contribution in [0.5, 0.6) is 0 Å². The van der Waals surface area contributed by atoms with Gasteiger partial charge in [-0.3, -0.25) is 9.59 Å². The Balaban J connectivity index is 1.44. The second-order valence-corrected chi connectivity index (χ2v) is 7.46. The fourth-order valence-electron chi connectivity index (χ4n) is 3.75. The number of carbonyl (C=O) groups excluding carboxylic acids is 1. The molecule has 0 atom stereocenters. The highest BCUT2D eigenvalue weighted by molar-refractivity contribution is 6.01. The van der Waals surface area contributed by atoms with Crippen LogP contribution in [-0.4, -0.2) is 33.5 Å². The van der Waals surface area contributed by atoms with Gasteiger partial charge < -0.3 is 14.8 Å². The number of halogens is 3.